The molecule has 0 spiro atoms. The topological polar surface area (TPSA) is 72.2 Å². The first kappa shape index (κ1) is 11.9. The minimum absolute atomic E-state index is 0.108. The Morgan fingerprint density at radius 2 is 1.94 bits per heavy atom. The summed E-state index contributed by atoms with van der Waals surface area (Å²) in [5.74, 6) is -3.61. The summed E-state index contributed by atoms with van der Waals surface area (Å²) in [7, 11) is 0. The second-order valence-corrected chi connectivity index (χ2v) is 3.38. The van der Waals surface area contributed by atoms with Crippen molar-refractivity contribution in [3.8, 4) is 5.69 Å². The molecule has 1 aromatic heterocycles. The van der Waals surface area contributed by atoms with E-state index in [0.29, 0.717) is 0 Å². The smallest absolute Gasteiger partial charge is 0.360 e. The van der Waals surface area contributed by atoms with Crippen LogP contribution >= 0.6 is 0 Å². The molecule has 0 saturated heterocycles. The Kier molecular flexibility index (Phi) is 2.88. The quantitative estimate of drug-likeness (QED) is 0.871. The van der Waals surface area contributed by atoms with Gasteiger partial charge in [-0.05, 0) is 12.1 Å². The average molecular weight is 252 g/mol. The van der Waals surface area contributed by atoms with Crippen molar-refractivity contribution in [1.82, 2.24) is 9.78 Å². The molecule has 92 valence electrons. The van der Waals surface area contributed by atoms with Crippen LogP contribution in [0.1, 0.15) is 10.5 Å². The van der Waals surface area contributed by atoms with Gasteiger partial charge in [0.1, 0.15) is 0 Å². The van der Waals surface area contributed by atoms with Gasteiger partial charge in [-0.1, -0.05) is 0 Å². The number of rotatable bonds is 2. The summed E-state index contributed by atoms with van der Waals surface area (Å²) >= 11 is 0. The molecule has 0 atom stereocenters. The number of carboxylic acid groups (broad SMARTS) is 1. The summed E-state index contributed by atoms with van der Waals surface area (Å²) in [4.78, 5) is 21.9. The SMILES string of the molecule is O=C(O)c1nn(-c2ccc(F)c(F)c2)ccc1=O. The monoisotopic (exact) mass is 252 g/mol. The van der Waals surface area contributed by atoms with Crippen molar-refractivity contribution in [3.05, 3.63) is 58.0 Å². The number of aromatic nitrogens is 2. The van der Waals surface area contributed by atoms with E-state index in [0.717, 1.165) is 22.9 Å². The maximum Gasteiger partial charge on any atom is 0.360 e. The van der Waals surface area contributed by atoms with Crippen LogP contribution in [-0.2, 0) is 0 Å². The lowest BCUT2D eigenvalue weighted by Gasteiger charge is -2.05. The van der Waals surface area contributed by atoms with E-state index in [9.17, 15) is 18.4 Å². The Bertz CT molecular complexity index is 682. The third kappa shape index (κ3) is 2.10. The Labute approximate surface area is 98.9 Å². The Balaban J connectivity index is 2.57. The number of halogens is 2. The number of aromatic carboxylic acids is 1. The van der Waals surface area contributed by atoms with E-state index in [1.165, 1.54) is 12.3 Å². The van der Waals surface area contributed by atoms with Gasteiger partial charge in [0.2, 0.25) is 11.1 Å². The van der Waals surface area contributed by atoms with Crippen LogP contribution in [0.15, 0.2) is 35.3 Å². The minimum Gasteiger partial charge on any atom is -0.476 e. The van der Waals surface area contributed by atoms with Crippen LogP contribution in [0.3, 0.4) is 0 Å². The van der Waals surface area contributed by atoms with Gasteiger partial charge >= 0.3 is 5.97 Å². The lowest BCUT2D eigenvalue weighted by molar-refractivity contribution is 0.0687. The van der Waals surface area contributed by atoms with Gasteiger partial charge in [-0.25, -0.2) is 18.3 Å². The van der Waals surface area contributed by atoms with E-state index in [1.807, 2.05) is 0 Å². The molecule has 0 bridgehead atoms. The van der Waals surface area contributed by atoms with Crippen LogP contribution in [0, 0.1) is 11.6 Å². The molecule has 0 aliphatic heterocycles. The van der Waals surface area contributed by atoms with Gasteiger partial charge in [0.25, 0.3) is 0 Å². The summed E-state index contributed by atoms with van der Waals surface area (Å²) < 4.78 is 26.7. The third-order valence-electron chi connectivity index (χ3n) is 2.18. The predicted octanol–water partition coefficient (Wildman–Crippen LogP) is 1.21. The summed E-state index contributed by atoms with van der Waals surface area (Å²) in [5.41, 5.74) is -1.35. The van der Waals surface area contributed by atoms with Crippen molar-refractivity contribution >= 4 is 5.97 Å². The lowest BCUT2D eigenvalue weighted by Crippen LogP contribution is -2.20. The molecule has 2 aromatic rings. The van der Waals surface area contributed by atoms with E-state index < -0.39 is 28.7 Å². The molecule has 0 fully saturated rings. The second-order valence-electron chi connectivity index (χ2n) is 3.38. The molecule has 1 heterocycles. The molecule has 0 radical (unpaired) electrons. The second kappa shape index (κ2) is 4.36. The third-order valence-corrected chi connectivity index (χ3v) is 2.18. The fraction of sp³-hybridized carbons (Fsp3) is 0. The Morgan fingerprint density at radius 1 is 1.22 bits per heavy atom. The molecule has 0 unspecified atom stereocenters. The Morgan fingerprint density at radius 3 is 2.56 bits per heavy atom. The highest BCUT2D eigenvalue weighted by Crippen LogP contribution is 2.11. The van der Waals surface area contributed by atoms with Crippen LogP contribution in [-0.4, -0.2) is 20.9 Å². The van der Waals surface area contributed by atoms with E-state index in [1.54, 1.807) is 0 Å². The van der Waals surface area contributed by atoms with E-state index >= 15 is 0 Å². The van der Waals surface area contributed by atoms with Crippen LogP contribution in [0.5, 0.6) is 0 Å². The molecule has 1 N–H and O–H groups in total. The summed E-state index contributed by atoms with van der Waals surface area (Å²) in [5, 5.41) is 12.3. The molecule has 5 nitrogen and oxygen atoms in total. The number of carbonyl (C=O) groups is 1. The van der Waals surface area contributed by atoms with Crippen molar-refractivity contribution in [2.75, 3.05) is 0 Å². The Hall–Kier alpha value is -2.57. The van der Waals surface area contributed by atoms with Gasteiger partial charge in [0.15, 0.2) is 11.6 Å². The molecule has 7 heteroatoms. The zero-order valence-corrected chi connectivity index (χ0v) is 8.80. The van der Waals surface area contributed by atoms with Gasteiger partial charge in [-0.3, -0.25) is 4.79 Å². The first-order valence-corrected chi connectivity index (χ1v) is 4.78. The maximum absolute atomic E-state index is 13.0. The highest BCUT2D eigenvalue weighted by atomic mass is 19.2. The van der Waals surface area contributed by atoms with E-state index in [2.05, 4.69) is 5.10 Å². The van der Waals surface area contributed by atoms with Crippen molar-refractivity contribution in [1.29, 1.82) is 0 Å². The molecule has 0 saturated carbocycles. The van der Waals surface area contributed by atoms with Crippen molar-refractivity contribution in [3.63, 3.8) is 0 Å². The standard InChI is InChI=1S/C11H6F2N2O3/c12-7-2-1-6(5-8(7)13)15-4-3-9(16)10(14-15)11(17)18/h1-5H,(H,17,18). The zero-order chi connectivity index (χ0) is 13.3. The molecule has 18 heavy (non-hydrogen) atoms. The summed E-state index contributed by atoms with van der Waals surface area (Å²) in [6, 6.07) is 3.92. The fourth-order valence-corrected chi connectivity index (χ4v) is 1.33. The number of benzene rings is 1. The van der Waals surface area contributed by atoms with Crippen molar-refractivity contribution in [2.24, 2.45) is 0 Å². The normalized spacial score (nSPS) is 10.3. The van der Waals surface area contributed by atoms with Crippen LogP contribution < -0.4 is 5.43 Å². The van der Waals surface area contributed by atoms with Crippen LogP contribution in [0.4, 0.5) is 8.78 Å². The number of hydrogen-bond donors (Lipinski definition) is 1. The summed E-state index contributed by atoms with van der Waals surface area (Å²) in [6.07, 6.45) is 1.17. The molecule has 2 rings (SSSR count). The van der Waals surface area contributed by atoms with Crippen molar-refractivity contribution < 1.29 is 18.7 Å². The summed E-state index contributed by atoms with van der Waals surface area (Å²) in [6.45, 7) is 0. The van der Waals surface area contributed by atoms with Crippen LogP contribution in [0.25, 0.3) is 5.69 Å². The minimum atomic E-state index is -1.49. The molecular weight excluding hydrogens is 246 g/mol. The van der Waals surface area contributed by atoms with E-state index in [4.69, 9.17) is 5.11 Å². The first-order chi connectivity index (χ1) is 8.49. The largest absolute Gasteiger partial charge is 0.476 e. The predicted molar refractivity (Wildman–Crippen MR) is 56.7 cm³/mol. The van der Waals surface area contributed by atoms with Gasteiger partial charge in [0, 0.05) is 18.3 Å². The molecule has 1 aromatic carbocycles. The zero-order valence-electron chi connectivity index (χ0n) is 8.80. The van der Waals surface area contributed by atoms with E-state index in [-0.39, 0.29) is 5.69 Å². The van der Waals surface area contributed by atoms with Gasteiger partial charge in [0.05, 0.1) is 5.69 Å². The maximum atomic E-state index is 13.0. The molecule has 0 aliphatic carbocycles. The molecular formula is C11H6F2N2O3. The van der Waals surface area contributed by atoms with Crippen LogP contribution in [0.2, 0.25) is 0 Å². The molecule has 0 amide bonds. The fourth-order valence-electron chi connectivity index (χ4n) is 1.33. The number of hydrogen-bond acceptors (Lipinski definition) is 3. The molecule has 0 aliphatic rings. The highest BCUT2D eigenvalue weighted by Gasteiger charge is 2.12. The first-order valence-electron chi connectivity index (χ1n) is 4.78. The highest BCUT2D eigenvalue weighted by molar-refractivity contribution is 5.84. The van der Waals surface area contributed by atoms with Gasteiger partial charge in [-0.2, -0.15) is 5.10 Å². The van der Waals surface area contributed by atoms with Gasteiger partial charge < -0.3 is 5.11 Å². The van der Waals surface area contributed by atoms with Gasteiger partial charge in [-0.15, -0.1) is 0 Å². The average Bonchev–Trinajstić information content (AvgIpc) is 2.33. The van der Waals surface area contributed by atoms with Crippen molar-refractivity contribution in [2.45, 2.75) is 0 Å². The lowest BCUT2D eigenvalue weighted by atomic mass is 10.3. The number of nitrogens with zero attached hydrogens (tertiary/aromatic N) is 2. The number of carboxylic acids is 1.